The molecular weight excluding hydrogens is 330 g/mol. The molecule has 2 aromatic rings. The van der Waals surface area contributed by atoms with E-state index in [1.54, 1.807) is 36.4 Å². The maximum atomic E-state index is 12.1. The molecular formula is C18H18ClNO4. The standard InChI is InChI=1S/C18H18ClNO4/c1-14(21)24-18(13-23-17-5-3-2-4-6-17)12-20(22)11-15-7-9-16(19)10-8-15/h2-11,18H,12-13H2,1H3/b20-11-/t18-/m1/s1. The van der Waals surface area contributed by atoms with Crippen LogP contribution in [-0.4, -0.2) is 36.2 Å². The van der Waals surface area contributed by atoms with Gasteiger partial charge in [0.1, 0.15) is 12.4 Å². The van der Waals surface area contributed by atoms with Crippen LogP contribution in [0.1, 0.15) is 12.5 Å². The van der Waals surface area contributed by atoms with E-state index < -0.39 is 12.1 Å². The van der Waals surface area contributed by atoms with Crippen molar-refractivity contribution in [2.24, 2.45) is 0 Å². The summed E-state index contributed by atoms with van der Waals surface area (Å²) in [5.41, 5.74) is 0.708. The molecule has 0 amide bonds. The molecule has 0 aliphatic rings. The van der Waals surface area contributed by atoms with Gasteiger partial charge in [0, 0.05) is 17.5 Å². The summed E-state index contributed by atoms with van der Waals surface area (Å²) in [5, 5.41) is 12.7. The number of carbonyl (C=O) groups is 1. The highest BCUT2D eigenvalue weighted by Gasteiger charge is 2.17. The van der Waals surface area contributed by atoms with Crippen molar-refractivity contribution in [3.63, 3.8) is 0 Å². The number of nitrogens with zero attached hydrogens (tertiary/aromatic N) is 1. The number of hydroxylamine groups is 1. The molecule has 6 heteroatoms. The van der Waals surface area contributed by atoms with Gasteiger partial charge in [0.05, 0.1) is 0 Å². The number of hydrogen-bond acceptors (Lipinski definition) is 4. The Labute approximate surface area is 145 Å². The van der Waals surface area contributed by atoms with Crippen LogP contribution in [0.4, 0.5) is 0 Å². The van der Waals surface area contributed by atoms with Crippen molar-refractivity contribution in [3.05, 3.63) is 70.4 Å². The van der Waals surface area contributed by atoms with Crippen LogP contribution in [0.15, 0.2) is 54.6 Å². The fourth-order valence-corrected chi connectivity index (χ4v) is 2.16. The van der Waals surface area contributed by atoms with Crippen LogP contribution in [0.5, 0.6) is 5.75 Å². The molecule has 2 rings (SSSR count). The topological polar surface area (TPSA) is 61.6 Å². The van der Waals surface area contributed by atoms with Crippen LogP contribution in [0.3, 0.4) is 0 Å². The highest BCUT2D eigenvalue weighted by molar-refractivity contribution is 6.30. The lowest BCUT2D eigenvalue weighted by Gasteiger charge is -2.17. The maximum absolute atomic E-state index is 12.1. The summed E-state index contributed by atoms with van der Waals surface area (Å²) in [6.45, 7) is 1.36. The fraction of sp³-hybridized carbons (Fsp3) is 0.222. The number of carbonyl (C=O) groups excluding carboxylic acids is 1. The van der Waals surface area contributed by atoms with Crippen molar-refractivity contribution in [1.82, 2.24) is 0 Å². The molecule has 24 heavy (non-hydrogen) atoms. The zero-order valence-electron chi connectivity index (χ0n) is 13.2. The molecule has 0 spiro atoms. The normalized spacial score (nSPS) is 12.5. The van der Waals surface area contributed by atoms with Gasteiger partial charge in [0.15, 0.2) is 18.9 Å². The first-order valence-electron chi connectivity index (χ1n) is 7.42. The van der Waals surface area contributed by atoms with Crippen LogP contribution in [0.25, 0.3) is 0 Å². The van der Waals surface area contributed by atoms with E-state index in [0.29, 0.717) is 21.1 Å². The molecule has 0 unspecified atom stereocenters. The Morgan fingerprint density at radius 2 is 1.88 bits per heavy atom. The maximum Gasteiger partial charge on any atom is 0.303 e. The predicted molar refractivity (Wildman–Crippen MR) is 92.6 cm³/mol. The molecule has 0 aliphatic carbocycles. The van der Waals surface area contributed by atoms with Crippen LogP contribution < -0.4 is 4.74 Å². The number of ether oxygens (including phenoxy) is 2. The molecule has 0 heterocycles. The summed E-state index contributed by atoms with van der Waals surface area (Å²) in [6, 6.07) is 16.0. The molecule has 5 nitrogen and oxygen atoms in total. The summed E-state index contributed by atoms with van der Waals surface area (Å²) in [7, 11) is 0. The Morgan fingerprint density at radius 1 is 1.21 bits per heavy atom. The van der Waals surface area contributed by atoms with E-state index in [-0.39, 0.29) is 13.2 Å². The first-order chi connectivity index (χ1) is 11.5. The fourth-order valence-electron chi connectivity index (χ4n) is 2.03. The van der Waals surface area contributed by atoms with Gasteiger partial charge in [-0.15, -0.1) is 0 Å². The number of rotatable bonds is 7. The molecule has 0 bridgehead atoms. The van der Waals surface area contributed by atoms with Crippen molar-refractivity contribution < 1.29 is 19.0 Å². The number of esters is 1. The smallest absolute Gasteiger partial charge is 0.303 e. The van der Waals surface area contributed by atoms with Gasteiger partial charge in [-0.05, 0) is 36.4 Å². The number of para-hydroxylation sites is 1. The predicted octanol–water partition coefficient (Wildman–Crippen LogP) is 3.28. The lowest BCUT2D eigenvalue weighted by atomic mass is 10.2. The van der Waals surface area contributed by atoms with Gasteiger partial charge in [-0.2, -0.15) is 0 Å². The van der Waals surface area contributed by atoms with E-state index in [1.165, 1.54) is 13.1 Å². The first kappa shape index (κ1) is 17.8. The van der Waals surface area contributed by atoms with Gasteiger partial charge in [-0.25, -0.2) is 4.74 Å². The third kappa shape index (κ3) is 6.30. The zero-order chi connectivity index (χ0) is 17.4. The monoisotopic (exact) mass is 347 g/mol. The van der Waals surface area contributed by atoms with Gasteiger partial charge >= 0.3 is 5.97 Å². The molecule has 0 aliphatic heterocycles. The van der Waals surface area contributed by atoms with E-state index in [2.05, 4.69) is 0 Å². The van der Waals surface area contributed by atoms with Crippen molar-refractivity contribution in [2.75, 3.05) is 13.2 Å². The van der Waals surface area contributed by atoms with Crippen LogP contribution >= 0.6 is 11.6 Å². The molecule has 0 saturated carbocycles. The summed E-state index contributed by atoms with van der Waals surface area (Å²) >= 11 is 5.81. The first-order valence-corrected chi connectivity index (χ1v) is 7.80. The molecule has 0 N–H and O–H groups in total. The van der Waals surface area contributed by atoms with Crippen LogP contribution in [0, 0.1) is 5.21 Å². The number of hydrogen-bond donors (Lipinski definition) is 0. The van der Waals surface area contributed by atoms with Crippen molar-refractivity contribution >= 4 is 23.8 Å². The van der Waals surface area contributed by atoms with Gasteiger partial charge in [0.2, 0.25) is 0 Å². The third-order valence-electron chi connectivity index (χ3n) is 3.06. The molecule has 0 radical (unpaired) electrons. The Hall–Kier alpha value is -2.53. The molecule has 1 atom stereocenters. The van der Waals surface area contributed by atoms with E-state index in [1.807, 2.05) is 18.2 Å². The van der Waals surface area contributed by atoms with Gasteiger partial charge in [-0.1, -0.05) is 29.8 Å². The van der Waals surface area contributed by atoms with Gasteiger partial charge < -0.3 is 14.7 Å². The Balaban J connectivity index is 1.99. The molecule has 2 aromatic carbocycles. The van der Waals surface area contributed by atoms with Crippen molar-refractivity contribution in [3.8, 4) is 5.75 Å². The van der Waals surface area contributed by atoms with E-state index in [4.69, 9.17) is 21.1 Å². The quantitative estimate of drug-likeness (QED) is 0.253. The second-order valence-electron chi connectivity index (χ2n) is 5.14. The average molecular weight is 348 g/mol. The summed E-state index contributed by atoms with van der Waals surface area (Å²) in [5.74, 6) is 0.185. The van der Waals surface area contributed by atoms with Crippen LogP contribution in [-0.2, 0) is 9.53 Å². The lowest BCUT2D eigenvalue weighted by Crippen LogP contribution is -2.32. The highest BCUT2D eigenvalue weighted by Crippen LogP contribution is 2.10. The molecule has 0 saturated heterocycles. The lowest BCUT2D eigenvalue weighted by molar-refractivity contribution is -0.464. The van der Waals surface area contributed by atoms with Crippen molar-refractivity contribution in [2.45, 2.75) is 13.0 Å². The van der Waals surface area contributed by atoms with Crippen molar-refractivity contribution in [1.29, 1.82) is 0 Å². The third-order valence-corrected chi connectivity index (χ3v) is 3.31. The number of halogens is 1. The second-order valence-corrected chi connectivity index (χ2v) is 5.57. The minimum atomic E-state index is -0.677. The SMILES string of the molecule is CC(=O)O[C@@H](COc1ccccc1)C/[N+]([O-])=C/c1ccc(Cl)cc1. The average Bonchev–Trinajstić information content (AvgIpc) is 2.55. The highest BCUT2D eigenvalue weighted by atomic mass is 35.5. The Bertz CT molecular complexity index is 686. The number of benzene rings is 2. The zero-order valence-corrected chi connectivity index (χ0v) is 14.0. The Kier molecular flexibility index (Phi) is 6.63. The largest absolute Gasteiger partial charge is 0.624 e. The van der Waals surface area contributed by atoms with Crippen LogP contribution in [0.2, 0.25) is 5.02 Å². The molecule has 0 aromatic heterocycles. The minimum Gasteiger partial charge on any atom is -0.624 e. The van der Waals surface area contributed by atoms with E-state index in [9.17, 15) is 10.0 Å². The summed E-state index contributed by atoms with van der Waals surface area (Å²) in [4.78, 5) is 11.2. The van der Waals surface area contributed by atoms with E-state index >= 15 is 0 Å². The van der Waals surface area contributed by atoms with E-state index in [0.717, 1.165) is 0 Å². The Morgan fingerprint density at radius 3 is 2.50 bits per heavy atom. The minimum absolute atomic E-state index is 0.0327. The second kappa shape index (κ2) is 8.93. The van der Waals surface area contributed by atoms with Gasteiger partial charge in [-0.3, -0.25) is 4.79 Å². The van der Waals surface area contributed by atoms with Gasteiger partial charge in [0.25, 0.3) is 0 Å². The molecule has 126 valence electrons. The molecule has 0 fully saturated rings. The summed E-state index contributed by atoms with van der Waals surface area (Å²) in [6.07, 6.45) is 0.735. The summed E-state index contributed by atoms with van der Waals surface area (Å²) < 4.78 is 11.4.